The molecule has 1 fully saturated rings. The number of anilines is 1. The Hall–Kier alpha value is -1.56. The molecule has 5 nitrogen and oxygen atoms in total. The summed E-state index contributed by atoms with van der Waals surface area (Å²) in [6, 6.07) is 5.16. The molecule has 1 aliphatic rings. The highest BCUT2D eigenvalue weighted by Gasteiger charge is 2.24. The molecule has 1 aliphatic heterocycles. The third-order valence-corrected chi connectivity index (χ3v) is 5.02. The van der Waals surface area contributed by atoms with E-state index in [1.54, 1.807) is 12.1 Å². The van der Waals surface area contributed by atoms with Crippen molar-refractivity contribution in [2.24, 2.45) is 5.73 Å². The first-order valence-electron chi connectivity index (χ1n) is 6.24. The van der Waals surface area contributed by atoms with Gasteiger partial charge in [-0.15, -0.1) is 0 Å². The van der Waals surface area contributed by atoms with Gasteiger partial charge in [-0.05, 0) is 43.5 Å². The summed E-state index contributed by atoms with van der Waals surface area (Å²) in [5, 5.41) is 3.19. The maximum absolute atomic E-state index is 11.6. The van der Waals surface area contributed by atoms with E-state index in [1.165, 1.54) is 0 Å². The fourth-order valence-electron chi connectivity index (χ4n) is 2.38. The summed E-state index contributed by atoms with van der Waals surface area (Å²) in [5.74, 6) is -0.0683. The zero-order valence-electron chi connectivity index (χ0n) is 10.8. The van der Waals surface area contributed by atoms with Crippen LogP contribution in [0.2, 0.25) is 0 Å². The molecule has 0 saturated carbocycles. The van der Waals surface area contributed by atoms with Crippen LogP contribution in [0.3, 0.4) is 0 Å². The number of sulfone groups is 1. The lowest BCUT2D eigenvalue weighted by atomic mass is 10.1. The van der Waals surface area contributed by atoms with E-state index in [4.69, 9.17) is 5.73 Å². The molecule has 0 aliphatic carbocycles. The van der Waals surface area contributed by atoms with Crippen LogP contribution in [0.4, 0.5) is 5.69 Å². The van der Waals surface area contributed by atoms with Crippen LogP contribution in [0.15, 0.2) is 18.2 Å². The van der Waals surface area contributed by atoms with Crippen molar-refractivity contribution in [3.63, 3.8) is 0 Å². The average Bonchev–Trinajstić information content (AvgIpc) is 2.26. The van der Waals surface area contributed by atoms with Crippen LogP contribution >= 0.6 is 0 Å². The van der Waals surface area contributed by atoms with E-state index in [2.05, 4.69) is 5.32 Å². The lowest BCUT2D eigenvalue weighted by Crippen LogP contribution is -2.34. The lowest BCUT2D eigenvalue weighted by molar-refractivity contribution is 0.1000. The molecule has 0 spiro atoms. The van der Waals surface area contributed by atoms with E-state index >= 15 is 0 Å². The van der Waals surface area contributed by atoms with Crippen LogP contribution in [0, 0.1) is 6.92 Å². The highest BCUT2D eigenvalue weighted by Crippen LogP contribution is 2.20. The molecule has 1 heterocycles. The second-order valence-electron chi connectivity index (χ2n) is 5.05. The van der Waals surface area contributed by atoms with Crippen molar-refractivity contribution in [2.45, 2.75) is 25.8 Å². The molecule has 19 heavy (non-hydrogen) atoms. The molecule has 1 aromatic rings. The van der Waals surface area contributed by atoms with Crippen molar-refractivity contribution in [1.29, 1.82) is 0 Å². The Morgan fingerprint density at radius 3 is 2.74 bits per heavy atom. The summed E-state index contributed by atoms with van der Waals surface area (Å²) < 4.78 is 23.2. The Bertz CT molecular complexity index is 596. The van der Waals surface area contributed by atoms with Crippen molar-refractivity contribution in [1.82, 2.24) is 0 Å². The average molecular weight is 282 g/mol. The quantitative estimate of drug-likeness (QED) is 0.868. The number of benzene rings is 1. The van der Waals surface area contributed by atoms with Gasteiger partial charge in [0, 0.05) is 17.3 Å². The molecular formula is C13H18N2O3S. The molecular weight excluding hydrogens is 264 g/mol. The summed E-state index contributed by atoms with van der Waals surface area (Å²) in [4.78, 5) is 11.2. The van der Waals surface area contributed by atoms with Crippen LogP contribution in [0.25, 0.3) is 0 Å². The highest BCUT2D eigenvalue weighted by atomic mass is 32.2. The van der Waals surface area contributed by atoms with Crippen molar-refractivity contribution >= 4 is 21.4 Å². The first kappa shape index (κ1) is 13.9. The van der Waals surface area contributed by atoms with Gasteiger partial charge < -0.3 is 11.1 Å². The van der Waals surface area contributed by atoms with Gasteiger partial charge in [0.05, 0.1) is 11.5 Å². The second-order valence-corrected chi connectivity index (χ2v) is 7.28. The molecule has 104 valence electrons. The lowest BCUT2D eigenvalue weighted by Gasteiger charge is -2.24. The molecule has 1 unspecified atom stereocenters. The van der Waals surface area contributed by atoms with Gasteiger partial charge in [0.15, 0.2) is 9.84 Å². The van der Waals surface area contributed by atoms with E-state index in [0.29, 0.717) is 12.0 Å². The number of carbonyl (C=O) groups is 1. The molecule has 1 saturated heterocycles. The first-order chi connectivity index (χ1) is 8.85. The Balaban J connectivity index is 2.17. The van der Waals surface area contributed by atoms with Crippen LogP contribution in [0.1, 0.15) is 28.8 Å². The maximum atomic E-state index is 11.6. The summed E-state index contributed by atoms with van der Waals surface area (Å²) >= 11 is 0. The van der Waals surface area contributed by atoms with Crippen LogP contribution in [-0.4, -0.2) is 31.9 Å². The molecule has 0 bridgehead atoms. The number of aryl methyl sites for hydroxylation is 1. The monoisotopic (exact) mass is 282 g/mol. The SMILES string of the molecule is Cc1cc(NC2CCCS(=O)(=O)C2)cc(C(N)=O)c1. The minimum atomic E-state index is -2.94. The number of nitrogens with two attached hydrogens (primary N) is 1. The number of carbonyl (C=O) groups excluding carboxylic acids is 1. The summed E-state index contributed by atoms with van der Waals surface area (Å²) in [5.41, 5.74) is 7.36. The van der Waals surface area contributed by atoms with Crippen molar-refractivity contribution in [3.05, 3.63) is 29.3 Å². The van der Waals surface area contributed by atoms with Gasteiger partial charge in [-0.1, -0.05) is 0 Å². The van der Waals surface area contributed by atoms with Gasteiger partial charge in [-0.2, -0.15) is 0 Å². The fraction of sp³-hybridized carbons (Fsp3) is 0.462. The smallest absolute Gasteiger partial charge is 0.248 e. The van der Waals surface area contributed by atoms with E-state index in [1.807, 2.05) is 13.0 Å². The van der Waals surface area contributed by atoms with E-state index < -0.39 is 15.7 Å². The molecule has 3 N–H and O–H groups in total. The molecule has 1 atom stereocenters. The van der Waals surface area contributed by atoms with Gasteiger partial charge in [0.25, 0.3) is 0 Å². The van der Waals surface area contributed by atoms with Gasteiger partial charge in [-0.3, -0.25) is 4.79 Å². The van der Waals surface area contributed by atoms with E-state index in [9.17, 15) is 13.2 Å². The third-order valence-electron chi connectivity index (χ3n) is 3.20. The normalized spacial score (nSPS) is 21.8. The topological polar surface area (TPSA) is 89.3 Å². The molecule has 0 aromatic heterocycles. The number of rotatable bonds is 3. The Labute approximate surface area is 113 Å². The summed E-state index contributed by atoms with van der Waals surface area (Å²) in [6.07, 6.45) is 1.49. The maximum Gasteiger partial charge on any atom is 0.248 e. The van der Waals surface area contributed by atoms with Crippen molar-refractivity contribution in [3.8, 4) is 0 Å². The Morgan fingerprint density at radius 1 is 1.37 bits per heavy atom. The fourth-order valence-corrected chi connectivity index (χ4v) is 4.02. The number of hydrogen-bond donors (Lipinski definition) is 2. The third kappa shape index (κ3) is 3.70. The molecule has 0 radical (unpaired) electrons. The second kappa shape index (κ2) is 5.21. The number of amides is 1. The minimum absolute atomic E-state index is 0.0960. The largest absolute Gasteiger partial charge is 0.381 e. The van der Waals surface area contributed by atoms with E-state index in [0.717, 1.165) is 17.7 Å². The predicted molar refractivity (Wildman–Crippen MR) is 75.0 cm³/mol. The molecule has 1 aromatic carbocycles. The standard InChI is InChI=1S/C13H18N2O3S/c1-9-5-10(13(14)16)7-12(6-9)15-11-3-2-4-19(17,18)8-11/h5-7,11,15H,2-4,8H2,1H3,(H2,14,16). The van der Waals surface area contributed by atoms with Crippen molar-refractivity contribution in [2.75, 3.05) is 16.8 Å². The van der Waals surface area contributed by atoms with Gasteiger partial charge in [0.1, 0.15) is 0 Å². The van der Waals surface area contributed by atoms with Crippen LogP contribution in [-0.2, 0) is 9.84 Å². The highest BCUT2D eigenvalue weighted by molar-refractivity contribution is 7.91. The zero-order valence-corrected chi connectivity index (χ0v) is 11.7. The van der Waals surface area contributed by atoms with E-state index in [-0.39, 0.29) is 17.5 Å². The van der Waals surface area contributed by atoms with Crippen LogP contribution in [0.5, 0.6) is 0 Å². The molecule has 2 rings (SSSR count). The number of nitrogens with one attached hydrogen (secondary N) is 1. The van der Waals surface area contributed by atoms with Gasteiger partial charge >= 0.3 is 0 Å². The minimum Gasteiger partial charge on any atom is -0.381 e. The first-order valence-corrected chi connectivity index (χ1v) is 8.06. The Morgan fingerprint density at radius 2 is 2.11 bits per heavy atom. The van der Waals surface area contributed by atoms with Crippen molar-refractivity contribution < 1.29 is 13.2 Å². The van der Waals surface area contributed by atoms with Crippen LogP contribution < -0.4 is 11.1 Å². The van der Waals surface area contributed by atoms with Gasteiger partial charge in [-0.25, -0.2) is 8.42 Å². The number of hydrogen-bond acceptors (Lipinski definition) is 4. The predicted octanol–water partition coefficient (Wildman–Crippen LogP) is 1.08. The molecule has 6 heteroatoms. The summed E-state index contributed by atoms with van der Waals surface area (Å²) in [7, 11) is -2.94. The Kier molecular flexibility index (Phi) is 3.80. The molecule has 1 amide bonds. The number of primary amides is 1. The summed E-state index contributed by atoms with van der Waals surface area (Å²) in [6.45, 7) is 1.87. The van der Waals surface area contributed by atoms with Gasteiger partial charge in [0.2, 0.25) is 5.91 Å². The zero-order chi connectivity index (χ0) is 14.0.